The Morgan fingerprint density at radius 3 is 2.94 bits per heavy atom. The standard InChI is InChI=1S/C15H25NOS/c1-11-5-4-8-15(17,9-11)10-16-13(3)14-7-6-12(2)18-14/h6-7,11,13,16-17H,4-5,8-10H2,1-3H3. The fourth-order valence-electron chi connectivity index (χ4n) is 2.92. The largest absolute Gasteiger partial charge is 0.389 e. The lowest BCUT2D eigenvalue weighted by Gasteiger charge is -2.36. The highest BCUT2D eigenvalue weighted by Crippen LogP contribution is 2.32. The van der Waals surface area contributed by atoms with Crippen molar-refractivity contribution in [3.05, 3.63) is 21.9 Å². The van der Waals surface area contributed by atoms with E-state index in [4.69, 9.17) is 0 Å². The molecule has 18 heavy (non-hydrogen) atoms. The van der Waals surface area contributed by atoms with Gasteiger partial charge in [-0.3, -0.25) is 0 Å². The predicted molar refractivity (Wildman–Crippen MR) is 78.1 cm³/mol. The molecule has 1 aliphatic carbocycles. The summed E-state index contributed by atoms with van der Waals surface area (Å²) in [6.45, 7) is 7.28. The van der Waals surface area contributed by atoms with Crippen LogP contribution in [0.3, 0.4) is 0 Å². The molecule has 0 saturated heterocycles. The molecule has 1 fully saturated rings. The fourth-order valence-corrected chi connectivity index (χ4v) is 3.83. The Morgan fingerprint density at radius 1 is 1.56 bits per heavy atom. The van der Waals surface area contributed by atoms with Gasteiger partial charge in [0.1, 0.15) is 0 Å². The number of hydrogen-bond donors (Lipinski definition) is 2. The first-order valence-electron chi connectivity index (χ1n) is 7.01. The summed E-state index contributed by atoms with van der Waals surface area (Å²) >= 11 is 1.84. The van der Waals surface area contributed by atoms with E-state index in [-0.39, 0.29) is 0 Å². The minimum Gasteiger partial charge on any atom is -0.389 e. The Labute approximate surface area is 114 Å². The molecule has 1 aromatic rings. The van der Waals surface area contributed by atoms with E-state index >= 15 is 0 Å². The van der Waals surface area contributed by atoms with Crippen LogP contribution < -0.4 is 5.32 Å². The molecule has 0 bridgehead atoms. The molecule has 1 aromatic heterocycles. The Kier molecular flexibility index (Phi) is 4.46. The fraction of sp³-hybridized carbons (Fsp3) is 0.733. The highest BCUT2D eigenvalue weighted by atomic mass is 32.1. The maximum Gasteiger partial charge on any atom is 0.0774 e. The van der Waals surface area contributed by atoms with Crippen molar-refractivity contribution in [1.29, 1.82) is 0 Å². The molecule has 3 heteroatoms. The smallest absolute Gasteiger partial charge is 0.0774 e. The minimum absolute atomic E-state index is 0.338. The topological polar surface area (TPSA) is 32.3 Å². The van der Waals surface area contributed by atoms with Crippen LogP contribution in [-0.4, -0.2) is 17.3 Å². The average Bonchev–Trinajstić information content (AvgIpc) is 2.73. The highest BCUT2D eigenvalue weighted by Gasteiger charge is 2.32. The molecule has 2 rings (SSSR count). The van der Waals surface area contributed by atoms with E-state index in [1.165, 1.54) is 16.2 Å². The molecule has 1 saturated carbocycles. The Balaban J connectivity index is 1.87. The van der Waals surface area contributed by atoms with Crippen LogP contribution in [0.1, 0.15) is 55.3 Å². The third-order valence-electron chi connectivity index (χ3n) is 3.99. The summed E-state index contributed by atoms with van der Waals surface area (Å²) in [4.78, 5) is 2.71. The summed E-state index contributed by atoms with van der Waals surface area (Å²) in [5, 5.41) is 14.1. The molecule has 3 atom stereocenters. The summed E-state index contributed by atoms with van der Waals surface area (Å²) in [7, 11) is 0. The normalized spacial score (nSPS) is 30.3. The number of hydrogen-bond acceptors (Lipinski definition) is 3. The molecule has 0 aromatic carbocycles. The number of rotatable bonds is 4. The van der Waals surface area contributed by atoms with Crippen LogP contribution in [0.25, 0.3) is 0 Å². The summed E-state index contributed by atoms with van der Waals surface area (Å²) in [6.07, 6.45) is 4.31. The van der Waals surface area contributed by atoms with E-state index in [9.17, 15) is 5.11 Å². The monoisotopic (exact) mass is 267 g/mol. The van der Waals surface area contributed by atoms with Gasteiger partial charge in [0.05, 0.1) is 5.60 Å². The maximum atomic E-state index is 10.6. The summed E-state index contributed by atoms with van der Waals surface area (Å²) in [5.41, 5.74) is -0.488. The first-order valence-corrected chi connectivity index (χ1v) is 7.82. The lowest BCUT2D eigenvalue weighted by molar-refractivity contribution is -0.0133. The van der Waals surface area contributed by atoms with Gasteiger partial charge < -0.3 is 10.4 Å². The van der Waals surface area contributed by atoms with Gasteiger partial charge in [0.15, 0.2) is 0 Å². The molecule has 0 radical (unpaired) electrons. The van der Waals surface area contributed by atoms with Crippen molar-refractivity contribution in [2.45, 2.75) is 58.1 Å². The molecule has 1 aliphatic rings. The third-order valence-corrected chi connectivity index (χ3v) is 5.18. The number of aliphatic hydroxyl groups is 1. The average molecular weight is 267 g/mol. The summed E-state index contributed by atoms with van der Waals surface area (Å²) < 4.78 is 0. The second-order valence-corrected chi connectivity index (χ2v) is 7.30. The van der Waals surface area contributed by atoms with Crippen molar-refractivity contribution in [2.24, 2.45) is 5.92 Å². The van der Waals surface area contributed by atoms with Gasteiger partial charge >= 0.3 is 0 Å². The lowest BCUT2D eigenvalue weighted by atomic mass is 9.79. The number of aryl methyl sites for hydroxylation is 1. The third kappa shape index (κ3) is 3.56. The van der Waals surface area contributed by atoms with Gasteiger partial charge in [-0.2, -0.15) is 0 Å². The Bertz CT molecular complexity index is 390. The Hall–Kier alpha value is -0.380. The zero-order chi connectivity index (χ0) is 13.2. The minimum atomic E-state index is -0.488. The van der Waals surface area contributed by atoms with Crippen molar-refractivity contribution in [2.75, 3.05) is 6.54 Å². The molecule has 0 aliphatic heterocycles. The van der Waals surface area contributed by atoms with Crippen molar-refractivity contribution in [3.8, 4) is 0 Å². The van der Waals surface area contributed by atoms with Crippen LogP contribution in [-0.2, 0) is 0 Å². The van der Waals surface area contributed by atoms with Crippen LogP contribution in [0.5, 0.6) is 0 Å². The highest BCUT2D eigenvalue weighted by molar-refractivity contribution is 7.12. The van der Waals surface area contributed by atoms with Gasteiger partial charge in [0.25, 0.3) is 0 Å². The second kappa shape index (κ2) is 5.72. The molecule has 2 nitrogen and oxygen atoms in total. The van der Waals surface area contributed by atoms with E-state index in [1.54, 1.807) is 0 Å². The van der Waals surface area contributed by atoms with Gasteiger partial charge in [0, 0.05) is 22.3 Å². The van der Waals surface area contributed by atoms with Gasteiger partial charge in [0.2, 0.25) is 0 Å². The summed E-state index contributed by atoms with van der Waals surface area (Å²) in [6, 6.07) is 4.69. The molecule has 3 unspecified atom stereocenters. The molecular formula is C15H25NOS. The lowest BCUT2D eigenvalue weighted by Crippen LogP contribution is -2.44. The maximum absolute atomic E-state index is 10.6. The van der Waals surface area contributed by atoms with Crippen LogP contribution >= 0.6 is 11.3 Å². The zero-order valence-electron chi connectivity index (χ0n) is 11.7. The molecule has 0 amide bonds. The molecular weight excluding hydrogens is 242 g/mol. The van der Waals surface area contributed by atoms with Crippen molar-refractivity contribution >= 4 is 11.3 Å². The Morgan fingerprint density at radius 2 is 2.33 bits per heavy atom. The molecule has 2 N–H and O–H groups in total. The van der Waals surface area contributed by atoms with E-state index in [0.717, 1.165) is 25.8 Å². The second-order valence-electron chi connectivity index (χ2n) is 5.98. The van der Waals surface area contributed by atoms with Crippen LogP contribution in [0.2, 0.25) is 0 Å². The van der Waals surface area contributed by atoms with Crippen molar-refractivity contribution in [3.63, 3.8) is 0 Å². The number of thiophene rings is 1. The van der Waals surface area contributed by atoms with E-state index in [2.05, 4.69) is 38.2 Å². The van der Waals surface area contributed by atoms with Gasteiger partial charge in [-0.15, -0.1) is 11.3 Å². The molecule has 102 valence electrons. The molecule has 1 heterocycles. The van der Waals surface area contributed by atoms with Crippen molar-refractivity contribution in [1.82, 2.24) is 5.32 Å². The van der Waals surface area contributed by atoms with Gasteiger partial charge in [-0.1, -0.05) is 19.8 Å². The zero-order valence-corrected chi connectivity index (χ0v) is 12.5. The van der Waals surface area contributed by atoms with Crippen LogP contribution in [0.15, 0.2) is 12.1 Å². The summed E-state index contributed by atoms with van der Waals surface area (Å²) in [5.74, 6) is 0.657. The first-order chi connectivity index (χ1) is 8.48. The van der Waals surface area contributed by atoms with E-state index in [1.807, 2.05) is 11.3 Å². The van der Waals surface area contributed by atoms with Crippen LogP contribution in [0.4, 0.5) is 0 Å². The predicted octanol–water partition coefficient (Wildman–Crippen LogP) is 3.65. The van der Waals surface area contributed by atoms with E-state index < -0.39 is 5.60 Å². The van der Waals surface area contributed by atoms with Crippen LogP contribution in [0, 0.1) is 12.8 Å². The van der Waals surface area contributed by atoms with Crippen molar-refractivity contribution < 1.29 is 5.11 Å². The molecule has 0 spiro atoms. The first kappa shape index (κ1) is 14.0. The SMILES string of the molecule is Cc1ccc(C(C)NCC2(O)CCCC(C)C2)s1. The number of nitrogens with one attached hydrogen (secondary N) is 1. The van der Waals surface area contributed by atoms with Gasteiger partial charge in [-0.25, -0.2) is 0 Å². The van der Waals surface area contributed by atoms with E-state index in [0.29, 0.717) is 12.0 Å². The quantitative estimate of drug-likeness (QED) is 0.873. The van der Waals surface area contributed by atoms with Gasteiger partial charge in [-0.05, 0) is 44.7 Å².